The molecule has 1 heterocycles. The SMILES string of the molecule is CCOC(=O)C(=Cc1ccc(Cl)cc1)O[C@@H]1CC=C[C@@H](COC(C)=O)O1. The molecule has 0 radical (unpaired) electrons. The summed E-state index contributed by atoms with van der Waals surface area (Å²) < 4.78 is 21.4. The number of hydrogen-bond donors (Lipinski definition) is 0. The normalized spacial score (nSPS) is 19.7. The van der Waals surface area contributed by atoms with Crippen molar-refractivity contribution in [2.45, 2.75) is 32.7 Å². The molecule has 26 heavy (non-hydrogen) atoms. The fraction of sp³-hybridized carbons (Fsp3) is 0.368. The fourth-order valence-corrected chi connectivity index (χ4v) is 2.33. The molecule has 1 aromatic rings. The van der Waals surface area contributed by atoms with Gasteiger partial charge in [0, 0.05) is 18.4 Å². The van der Waals surface area contributed by atoms with Gasteiger partial charge in [-0.25, -0.2) is 4.79 Å². The lowest BCUT2D eigenvalue weighted by atomic mass is 10.2. The van der Waals surface area contributed by atoms with Crippen LogP contribution in [0.15, 0.2) is 42.2 Å². The predicted molar refractivity (Wildman–Crippen MR) is 96.2 cm³/mol. The van der Waals surface area contributed by atoms with Crippen LogP contribution < -0.4 is 0 Å². The summed E-state index contributed by atoms with van der Waals surface area (Å²) in [6.07, 6.45) is 4.54. The highest BCUT2D eigenvalue weighted by Gasteiger charge is 2.24. The zero-order valence-corrected chi connectivity index (χ0v) is 15.4. The van der Waals surface area contributed by atoms with E-state index in [1.807, 2.05) is 6.08 Å². The summed E-state index contributed by atoms with van der Waals surface area (Å²) in [4.78, 5) is 23.1. The summed E-state index contributed by atoms with van der Waals surface area (Å²) in [6.45, 7) is 3.35. The second kappa shape index (κ2) is 9.99. The Morgan fingerprint density at radius 2 is 2.00 bits per heavy atom. The summed E-state index contributed by atoms with van der Waals surface area (Å²) >= 11 is 5.88. The molecule has 1 aliphatic rings. The molecule has 0 saturated carbocycles. The maximum absolute atomic E-state index is 12.2. The minimum atomic E-state index is -0.691. The average Bonchev–Trinajstić information content (AvgIpc) is 2.62. The summed E-state index contributed by atoms with van der Waals surface area (Å²) in [7, 11) is 0. The first-order valence-electron chi connectivity index (χ1n) is 8.24. The van der Waals surface area contributed by atoms with Crippen molar-refractivity contribution in [1.82, 2.24) is 0 Å². The summed E-state index contributed by atoms with van der Waals surface area (Å²) in [5, 5.41) is 0.592. The summed E-state index contributed by atoms with van der Waals surface area (Å²) in [6, 6.07) is 6.95. The van der Waals surface area contributed by atoms with Crippen LogP contribution in [0.25, 0.3) is 6.08 Å². The highest BCUT2D eigenvalue weighted by Crippen LogP contribution is 2.20. The Bertz CT molecular complexity index is 680. The van der Waals surface area contributed by atoms with Gasteiger partial charge in [-0.15, -0.1) is 0 Å². The molecule has 2 rings (SSSR count). The van der Waals surface area contributed by atoms with Gasteiger partial charge in [0.25, 0.3) is 0 Å². The number of rotatable bonds is 7. The molecule has 1 aromatic carbocycles. The molecule has 140 valence electrons. The smallest absolute Gasteiger partial charge is 0.373 e. The quantitative estimate of drug-likeness (QED) is 0.312. The topological polar surface area (TPSA) is 71.1 Å². The van der Waals surface area contributed by atoms with Crippen molar-refractivity contribution in [2.75, 3.05) is 13.2 Å². The molecule has 0 aromatic heterocycles. The van der Waals surface area contributed by atoms with E-state index in [2.05, 4.69) is 0 Å². The number of carbonyl (C=O) groups is 2. The third-order valence-corrected chi connectivity index (χ3v) is 3.61. The number of esters is 2. The standard InChI is InChI=1S/C19H21ClO6/c1-3-23-19(22)17(11-14-7-9-15(20)10-8-14)26-18-6-4-5-16(25-18)12-24-13(2)21/h4-5,7-11,16,18H,3,6,12H2,1-2H3/t16-,18+/m0/s1. The number of halogens is 1. The van der Waals surface area contributed by atoms with E-state index in [-0.39, 0.29) is 24.9 Å². The van der Waals surface area contributed by atoms with Crippen molar-refractivity contribution in [3.63, 3.8) is 0 Å². The highest BCUT2D eigenvalue weighted by molar-refractivity contribution is 6.30. The lowest BCUT2D eigenvalue weighted by molar-refractivity contribution is -0.172. The van der Waals surface area contributed by atoms with E-state index in [1.54, 1.807) is 43.3 Å². The zero-order valence-electron chi connectivity index (χ0n) is 14.6. The third kappa shape index (κ3) is 6.54. The largest absolute Gasteiger partial charge is 0.463 e. The second-order valence-electron chi connectivity index (χ2n) is 5.47. The van der Waals surface area contributed by atoms with Gasteiger partial charge in [-0.1, -0.05) is 35.9 Å². The van der Waals surface area contributed by atoms with Crippen molar-refractivity contribution < 1.29 is 28.5 Å². The average molecular weight is 381 g/mol. The van der Waals surface area contributed by atoms with Crippen molar-refractivity contribution in [2.24, 2.45) is 0 Å². The Balaban J connectivity index is 2.08. The molecule has 0 spiro atoms. The van der Waals surface area contributed by atoms with Crippen LogP contribution in [0.1, 0.15) is 25.8 Å². The van der Waals surface area contributed by atoms with Gasteiger partial charge in [0.15, 0.2) is 0 Å². The van der Waals surface area contributed by atoms with E-state index in [4.69, 9.17) is 30.5 Å². The third-order valence-electron chi connectivity index (χ3n) is 3.36. The second-order valence-corrected chi connectivity index (χ2v) is 5.91. The van der Waals surface area contributed by atoms with Gasteiger partial charge in [0.05, 0.1) is 6.61 Å². The fourth-order valence-electron chi connectivity index (χ4n) is 2.20. The predicted octanol–water partition coefficient (Wildman–Crippen LogP) is 3.49. The van der Waals surface area contributed by atoms with E-state index in [0.29, 0.717) is 11.4 Å². The minimum Gasteiger partial charge on any atom is -0.463 e. The van der Waals surface area contributed by atoms with Gasteiger partial charge >= 0.3 is 11.9 Å². The lowest BCUT2D eigenvalue weighted by Gasteiger charge is -2.26. The maximum atomic E-state index is 12.2. The minimum absolute atomic E-state index is 0.0284. The van der Waals surface area contributed by atoms with Crippen molar-refractivity contribution in [3.8, 4) is 0 Å². The molecule has 0 amide bonds. The molecule has 0 fully saturated rings. The van der Waals surface area contributed by atoms with Crippen LogP contribution in [-0.2, 0) is 28.5 Å². The van der Waals surface area contributed by atoms with Gasteiger partial charge < -0.3 is 18.9 Å². The molecule has 0 saturated heterocycles. The van der Waals surface area contributed by atoms with Crippen LogP contribution in [0.4, 0.5) is 0 Å². The number of carbonyl (C=O) groups excluding carboxylic acids is 2. The van der Waals surface area contributed by atoms with Crippen molar-refractivity contribution in [3.05, 3.63) is 52.8 Å². The summed E-state index contributed by atoms with van der Waals surface area (Å²) in [5.74, 6) is -0.947. The van der Waals surface area contributed by atoms with E-state index in [0.717, 1.165) is 5.56 Å². The van der Waals surface area contributed by atoms with E-state index in [9.17, 15) is 9.59 Å². The first-order valence-corrected chi connectivity index (χ1v) is 8.62. The zero-order chi connectivity index (χ0) is 18.9. The molecule has 0 bridgehead atoms. The molecule has 1 aliphatic heterocycles. The Kier molecular flexibility index (Phi) is 7.69. The van der Waals surface area contributed by atoms with Gasteiger partial charge in [-0.05, 0) is 30.7 Å². The molecular weight excluding hydrogens is 360 g/mol. The monoisotopic (exact) mass is 380 g/mol. The van der Waals surface area contributed by atoms with Crippen LogP contribution in [0.3, 0.4) is 0 Å². The van der Waals surface area contributed by atoms with Gasteiger partial charge in [0.2, 0.25) is 12.0 Å². The number of ether oxygens (including phenoxy) is 4. The number of benzene rings is 1. The molecule has 0 N–H and O–H groups in total. The highest BCUT2D eigenvalue weighted by atomic mass is 35.5. The van der Waals surface area contributed by atoms with Crippen LogP contribution >= 0.6 is 11.6 Å². The van der Waals surface area contributed by atoms with E-state index in [1.165, 1.54) is 6.92 Å². The maximum Gasteiger partial charge on any atom is 0.373 e. The van der Waals surface area contributed by atoms with Gasteiger partial charge in [-0.2, -0.15) is 0 Å². The molecule has 0 aliphatic carbocycles. The molecule has 0 unspecified atom stereocenters. The Morgan fingerprint density at radius 1 is 1.27 bits per heavy atom. The van der Waals surface area contributed by atoms with Gasteiger partial charge in [-0.3, -0.25) is 4.79 Å². The Morgan fingerprint density at radius 3 is 2.65 bits per heavy atom. The van der Waals surface area contributed by atoms with Crippen molar-refractivity contribution >= 4 is 29.6 Å². The van der Waals surface area contributed by atoms with Gasteiger partial charge in [0.1, 0.15) is 12.7 Å². The van der Waals surface area contributed by atoms with Crippen LogP contribution in [-0.4, -0.2) is 37.5 Å². The van der Waals surface area contributed by atoms with E-state index >= 15 is 0 Å². The van der Waals surface area contributed by atoms with Crippen molar-refractivity contribution in [1.29, 1.82) is 0 Å². The van der Waals surface area contributed by atoms with Crippen LogP contribution in [0, 0.1) is 0 Å². The number of hydrogen-bond acceptors (Lipinski definition) is 6. The molecular formula is C19H21ClO6. The first kappa shape index (κ1) is 20.0. The van der Waals surface area contributed by atoms with Crippen LogP contribution in [0.2, 0.25) is 5.02 Å². The molecule has 6 nitrogen and oxygen atoms in total. The van der Waals surface area contributed by atoms with E-state index < -0.39 is 18.4 Å². The molecule has 2 atom stereocenters. The first-order chi connectivity index (χ1) is 12.5. The summed E-state index contributed by atoms with van der Waals surface area (Å²) in [5.41, 5.74) is 0.736. The lowest BCUT2D eigenvalue weighted by Crippen LogP contribution is -2.31. The Labute approximate surface area is 157 Å². The van der Waals surface area contributed by atoms with Crippen LogP contribution in [0.5, 0.6) is 0 Å². The molecule has 7 heteroatoms. The Hall–Kier alpha value is -2.31.